The fourth-order valence-corrected chi connectivity index (χ4v) is 2.58. The van der Waals surface area contributed by atoms with Crippen LogP contribution in [0.5, 0.6) is 0 Å². The van der Waals surface area contributed by atoms with Crippen LogP contribution >= 0.6 is 11.8 Å². The summed E-state index contributed by atoms with van der Waals surface area (Å²) in [5.74, 6) is 0.602. The van der Waals surface area contributed by atoms with Crippen LogP contribution in [-0.2, 0) is 6.18 Å². The average Bonchev–Trinajstić information content (AvgIpc) is 2.42. The van der Waals surface area contributed by atoms with Crippen LogP contribution in [0, 0.1) is 11.3 Å². The first kappa shape index (κ1) is 16.8. The third kappa shape index (κ3) is 4.69. The van der Waals surface area contributed by atoms with Gasteiger partial charge in [0, 0.05) is 12.3 Å². The van der Waals surface area contributed by atoms with E-state index in [2.05, 4.69) is 9.88 Å². The first-order valence-corrected chi connectivity index (χ1v) is 7.24. The van der Waals surface area contributed by atoms with Gasteiger partial charge in [-0.05, 0) is 25.2 Å². The monoisotopic (exact) mass is 303 g/mol. The Morgan fingerprint density at radius 1 is 1.30 bits per heavy atom. The minimum absolute atomic E-state index is 0.148. The van der Waals surface area contributed by atoms with Gasteiger partial charge in [-0.3, -0.25) is 0 Å². The Balaban J connectivity index is 2.80. The summed E-state index contributed by atoms with van der Waals surface area (Å²) in [5.41, 5.74) is -0.774. The van der Waals surface area contributed by atoms with Gasteiger partial charge in [-0.15, -0.1) is 11.8 Å². The molecule has 7 heteroatoms. The van der Waals surface area contributed by atoms with Gasteiger partial charge in [-0.25, -0.2) is 4.98 Å². The van der Waals surface area contributed by atoms with Gasteiger partial charge in [0.25, 0.3) is 0 Å². The van der Waals surface area contributed by atoms with Crippen molar-refractivity contribution in [2.45, 2.75) is 25.0 Å². The third-order valence-electron chi connectivity index (χ3n) is 2.81. The lowest BCUT2D eigenvalue weighted by atomic mass is 10.2. The zero-order valence-electron chi connectivity index (χ0n) is 11.4. The maximum absolute atomic E-state index is 12.6. The molecular weight excluding hydrogens is 287 g/mol. The normalized spacial score (nSPS) is 11.7. The van der Waals surface area contributed by atoms with Gasteiger partial charge in [0.1, 0.15) is 16.8 Å². The van der Waals surface area contributed by atoms with Gasteiger partial charge >= 0.3 is 6.18 Å². The molecule has 1 rings (SSSR count). The van der Waals surface area contributed by atoms with Crippen molar-refractivity contribution in [3.05, 3.63) is 23.4 Å². The second kappa shape index (κ2) is 7.50. The molecule has 0 amide bonds. The Kier molecular flexibility index (Phi) is 6.30. The van der Waals surface area contributed by atoms with Crippen LogP contribution in [0.2, 0.25) is 0 Å². The lowest BCUT2D eigenvalue weighted by Crippen LogP contribution is -2.25. The van der Waals surface area contributed by atoms with Crippen LogP contribution < -0.4 is 0 Å². The molecule has 0 saturated heterocycles. The molecule has 20 heavy (non-hydrogen) atoms. The number of pyridine rings is 1. The Morgan fingerprint density at radius 2 is 1.95 bits per heavy atom. The van der Waals surface area contributed by atoms with E-state index < -0.39 is 11.9 Å². The molecule has 0 aliphatic rings. The molecule has 0 unspecified atom stereocenters. The third-order valence-corrected chi connectivity index (χ3v) is 3.78. The molecule has 0 aliphatic heterocycles. The van der Waals surface area contributed by atoms with Crippen LogP contribution in [-0.4, -0.2) is 35.3 Å². The predicted octanol–water partition coefficient (Wildman–Crippen LogP) is 3.41. The Bertz CT molecular complexity index is 479. The van der Waals surface area contributed by atoms with Crippen molar-refractivity contribution in [2.75, 3.05) is 25.4 Å². The van der Waals surface area contributed by atoms with Crippen molar-refractivity contribution < 1.29 is 13.2 Å². The zero-order valence-corrected chi connectivity index (χ0v) is 12.2. The molecule has 1 heterocycles. The highest BCUT2D eigenvalue weighted by molar-refractivity contribution is 7.99. The van der Waals surface area contributed by atoms with Crippen molar-refractivity contribution in [3.8, 4) is 6.07 Å². The number of hydrogen-bond donors (Lipinski definition) is 0. The summed E-state index contributed by atoms with van der Waals surface area (Å²) in [5, 5.41) is 9.07. The quantitative estimate of drug-likeness (QED) is 0.755. The molecule has 0 aromatic carbocycles. The zero-order chi connectivity index (χ0) is 15.2. The first-order valence-electron chi connectivity index (χ1n) is 6.25. The molecule has 0 bridgehead atoms. The van der Waals surface area contributed by atoms with E-state index in [4.69, 9.17) is 5.26 Å². The summed E-state index contributed by atoms with van der Waals surface area (Å²) < 4.78 is 37.8. The number of halogens is 3. The number of hydrogen-bond acceptors (Lipinski definition) is 4. The van der Waals surface area contributed by atoms with E-state index in [-0.39, 0.29) is 10.6 Å². The molecule has 0 radical (unpaired) electrons. The second-order valence-electron chi connectivity index (χ2n) is 4.03. The number of nitriles is 1. The summed E-state index contributed by atoms with van der Waals surface area (Å²) in [6.07, 6.45) is -4.48. The van der Waals surface area contributed by atoms with Gasteiger partial charge in [0.2, 0.25) is 0 Å². The van der Waals surface area contributed by atoms with Crippen molar-refractivity contribution >= 4 is 11.8 Å². The summed E-state index contributed by atoms with van der Waals surface area (Å²) in [7, 11) is 0. The van der Waals surface area contributed by atoms with E-state index in [1.165, 1.54) is 17.8 Å². The van der Waals surface area contributed by atoms with Crippen LogP contribution in [0.15, 0.2) is 17.2 Å². The number of alkyl halides is 3. The maximum atomic E-state index is 12.6. The topological polar surface area (TPSA) is 39.9 Å². The number of rotatable bonds is 6. The number of aromatic nitrogens is 1. The number of nitrogens with zero attached hydrogens (tertiary/aromatic N) is 3. The van der Waals surface area contributed by atoms with Gasteiger partial charge in [0.05, 0.1) is 5.56 Å². The van der Waals surface area contributed by atoms with Gasteiger partial charge in [0.15, 0.2) is 0 Å². The van der Waals surface area contributed by atoms with E-state index in [1.54, 1.807) is 0 Å². The Morgan fingerprint density at radius 3 is 2.45 bits per heavy atom. The number of thioether (sulfide) groups is 1. The molecule has 110 valence electrons. The lowest BCUT2D eigenvalue weighted by Gasteiger charge is -2.17. The van der Waals surface area contributed by atoms with Crippen LogP contribution in [0.25, 0.3) is 0 Å². The molecule has 3 nitrogen and oxygen atoms in total. The summed E-state index contributed by atoms with van der Waals surface area (Å²) in [6.45, 7) is 6.58. The Labute approximate surface area is 120 Å². The highest BCUT2D eigenvalue weighted by Crippen LogP contribution is 2.30. The van der Waals surface area contributed by atoms with E-state index in [9.17, 15) is 13.2 Å². The van der Waals surface area contributed by atoms with E-state index in [1.807, 2.05) is 19.9 Å². The summed E-state index contributed by atoms with van der Waals surface area (Å²) in [4.78, 5) is 5.72. The van der Waals surface area contributed by atoms with Gasteiger partial charge in [-0.2, -0.15) is 18.4 Å². The first-order chi connectivity index (χ1) is 9.42. The van der Waals surface area contributed by atoms with Gasteiger partial charge < -0.3 is 4.90 Å². The average molecular weight is 303 g/mol. The largest absolute Gasteiger partial charge is 0.433 e. The standard InChI is InChI=1S/C13H16F3N3S/c1-3-19(4-2)7-8-20-12-10(9-17)5-6-11(18-12)13(14,15)16/h5-6H,3-4,7-8H2,1-2H3. The minimum atomic E-state index is -4.48. The Hall–Kier alpha value is -1.26. The lowest BCUT2D eigenvalue weighted by molar-refractivity contribution is -0.141. The minimum Gasteiger partial charge on any atom is -0.303 e. The van der Waals surface area contributed by atoms with Crippen LogP contribution in [0.1, 0.15) is 25.1 Å². The molecule has 0 aliphatic carbocycles. The van der Waals surface area contributed by atoms with E-state index in [0.29, 0.717) is 5.75 Å². The SMILES string of the molecule is CCN(CC)CCSc1nc(C(F)(F)F)ccc1C#N. The van der Waals surface area contributed by atoms with E-state index >= 15 is 0 Å². The fraction of sp³-hybridized carbons (Fsp3) is 0.538. The maximum Gasteiger partial charge on any atom is 0.433 e. The molecule has 0 fully saturated rings. The highest BCUT2D eigenvalue weighted by atomic mass is 32.2. The summed E-state index contributed by atoms with van der Waals surface area (Å²) >= 11 is 1.19. The van der Waals surface area contributed by atoms with Crippen LogP contribution in [0.4, 0.5) is 13.2 Å². The predicted molar refractivity (Wildman–Crippen MR) is 72.5 cm³/mol. The van der Waals surface area contributed by atoms with Gasteiger partial charge in [-0.1, -0.05) is 13.8 Å². The molecular formula is C13H16F3N3S. The van der Waals surface area contributed by atoms with Crippen molar-refractivity contribution in [1.82, 2.24) is 9.88 Å². The van der Waals surface area contributed by atoms with Crippen molar-refractivity contribution in [1.29, 1.82) is 5.26 Å². The fourth-order valence-electron chi connectivity index (χ4n) is 1.60. The smallest absolute Gasteiger partial charge is 0.303 e. The highest BCUT2D eigenvalue weighted by Gasteiger charge is 2.33. The van der Waals surface area contributed by atoms with Crippen molar-refractivity contribution in [3.63, 3.8) is 0 Å². The second-order valence-corrected chi connectivity index (χ2v) is 5.12. The van der Waals surface area contributed by atoms with E-state index in [0.717, 1.165) is 25.7 Å². The van der Waals surface area contributed by atoms with Crippen molar-refractivity contribution in [2.24, 2.45) is 0 Å². The molecule has 1 aromatic heterocycles. The summed E-state index contributed by atoms with van der Waals surface area (Å²) in [6, 6.07) is 3.89. The molecule has 0 spiro atoms. The molecule has 0 atom stereocenters. The molecule has 0 N–H and O–H groups in total. The molecule has 1 aromatic rings. The van der Waals surface area contributed by atoms with Crippen LogP contribution in [0.3, 0.4) is 0 Å². The molecule has 0 saturated carbocycles.